The summed E-state index contributed by atoms with van der Waals surface area (Å²) in [7, 11) is 0. The number of carbonyl (C=O) groups is 1. The lowest BCUT2D eigenvalue weighted by Gasteiger charge is -1.99. The quantitative estimate of drug-likeness (QED) is 0.795. The first-order valence-corrected chi connectivity index (χ1v) is 6.94. The maximum absolute atomic E-state index is 12.0. The molecule has 1 heterocycles. The lowest BCUT2D eigenvalue weighted by atomic mass is 10.1. The molecule has 0 unspecified atom stereocenters. The Balaban J connectivity index is 2.00. The largest absolute Gasteiger partial charge is 0.460 e. The van der Waals surface area contributed by atoms with Crippen molar-refractivity contribution in [2.24, 2.45) is 0 Å². The Morgan fingerprint density at radius 1 is 1.45 bits per heavy atom. The molecule has 4 heteroatoms. The zero-order valence-corrected chi connectivity index (χ0v) is 11.7. The summed E-state index contributed by atoms with van der Waals surface area (Å²) in [4.78, 5) is 16.5. The van der Waals surface area contributed by atoms with E-state index in [-0.39, 0.29) is 5.76 Å². The van der Waals surface area contributed by atoms with Gasteiger partial charge < -0.3 is 9.15 Å². The molecule has 1 aliphatic rings. The second-order valence-electron chi connectivity index (χ2n) is 5.10. The fraction of sp³-hybridized carbons (Fsp3) is 0.375. The molecule has 0 spiro atoms. The molecule has 0 N–H and O–H groups in total. The van der Waals surface area contributed by atoms with Crippen LogP contribution >= 0.6 is 0 Å². The van der Waals surface area contributed by atoms with E-state index >= 15 is 0 Å². The van der Waals surface area contributed by atoms with Gasteiger partial charge in [-0.15, -0.1) is 0 Å². The van der Waals surface area contributed by atoms with Crippen molar-refractivity contribution in [2.45, 2.75) is 32.6 Å². The van der Waals surface area contributed by atoms with Crippen molar-refractivity contribution in [2.75, 3.05) is 6.61 Å². The maximum atomic E-state index is 12.0. The molecule has 3 rings (SSSR count). The number of aromatic nitrogens is 1. The van der Waals surface area contributed by atoms with Crippen LogP contribution in [0.3, 0.4) is 0 Å². The van der Waals surface area contributed by atoms with E-state index in [9.17, 15) is 4.79 Å². The Bertz CT molecular complexity index is 641. The summed E-state index contributed by atoms with van der Waals surface area (Å²) in [5.74, 6) is 0.696. The minimum absolute atomic E-state index is 0.269. The number of rotatable bonds is 4. The molecule has 104 valence electrons. The van der Waals surface area contributed by atoms with Crippen molar-refractivity contribution >= 4 is 5.97 Å². The van der Waals surface area contributed by atoms with E-state index in [1.807, 2.05) is 31.2 Å². The van der Waals surface area contributed by atoms with Crippen molar-refractivity contribution in [3.8, 4) is 11.5 Å². The minimum atomic E-state index is -0.416. The highest BCUT2D eigenvalue weighted by atomic mass is 16.5. The van der Waals surface area contributed by atoms with Crippen LogP contribution in [0.5, 0.6) is 0 Å². The van der Waals surface area contributed by atoms with Gasteiger partial charge in [-0.1, -0.05) is 17.7 Å². The van der Waals surface area contributed by atoms with Crippen LogP contribution in [0.15, 0.2) is 28.7 Å². The fourth-order valence-electron chi connectivity index (χ4n) is 2.21. The molecule has 0 amide bonds. The number of hydrogen-bond donors (Lipinski definition) is 0. The molecule has 0 saturated heterocycles. The van der Waals surface area contributed by atoms with Crippen molar-refractivity contribution in [3.63, 3.8) is 0 Å². The highest BCUT2D eigenvalue weighted by molar-refractivity contribution is 5.88. The molecule has 1 aromatic carbocycles. The normalized spacial score (nSPS) is 14.3. The molecule has 4 nitrogen and oxygen atoms in total. The third-order valence-corrected chi connectivity index (χ3v) is 3.34. The van der Waals surface area contributed by atoms with Crippen molar-refractivity contribution in [3.05, 3.63) is 41.3 Å². The van der Waals surface area contributed by atoms with Gasteiger partial charge in [-0.25, -0.2) is 9.78 Å². The van der Waals surface area contributed by atoms with Crippen molar-refractivity contribution < 1.29 is 13.9 Å². The molecule has 0 atom stereocenters. The highest BCUT2D eigenvalue weighted by Crippen LogP contribution is 2.42. The van der Waals surface area contributed by atoms with Gasteiger partial charge in [0.25, 0.3) is 0 Å². The SMILES string of the molecule is CCOC(=O)c1oc(-c2cccc(C)c2)nc1C1CC1. The average molecular weight is 271 g/mol. The van der Waals surface area contributed by atoms with Crippen LogP contribution in [0.25, 0.3) is 11.5 Å². The molecule has 0 bridgehead atoms. The monoisotopic (exact) mass is 271 g/mol. The fourth-order valence-corrected chi connectivity index (χ4v) is 2.21. The molecule has 1 aromatic heterocycles. The summed E-state index contributed by atoms with van der Waals surface area (Å²) < 4.78 is 10.7. The Morgan fingerprint density at radius 3 is 2.90 bits per heavy atom. The maximum Gasteiger partial charge on any atom is 0.376 e. The van der Waals surface area contributed by atoms with E-state index in [2.05, 4.69) is 4.98 Å². The van der Waals surface area contributed by atoms with Crippen molar-refractivity contribution in [1.29, 1.82) is 0 Å². The number of aryl methyl sites for hydroxylation is 1. The molecule has 1 fully saturated rings. The number of carbonyl (C=O) groups excluding carboxylic acids is 1. The van der Waals surface area contributed by atoms with E-state index < -0.39 is 5.97 Å². The molecular formula is C16H17NO3. The standard InChI is InChI=1S/C16H17NO3/c1-3-19-16(18)14-13(11-7-8-11)17-15(20-14)12-6-4-5-10(2)9-12/h4-6,9,11H,3,7-8H2,1-2H3. The smallest absolute Gasteiger partial charge is 0.376 e. The Kier molecular flexibility index (Phi) is 3.30. The van der Waals surface area contributed by atoms with E-state index in [1.165, 1.54) is 0 Å². The van der Waals surface area contributed by atoms with Crippen LogP contribution < -0.4 is 0 Å². The van der Waals surface area contributed by atoms with E-state index in [0.29, 0.717) is 18.4 Å². The van der Waals surface area contributed by atoms with Crippen LogP contribution in [-0.2, 0) is 4.74 Å². The summed E-state index contributed by atoms with van der Waals surface area (Å²) in [5.41, 5.74) is 2.77. The first-order valence-electron chi connectivity index (χ1n) is 6.94. The van der Waals surface area contributed by atoms with Gasteiger partial charge in [-0.05, 0) is 38.8 Å². The van der Waals surface area contributed by atoms with Gasteiger partial charge in [-0.2, -0.15) is 0 Å². The lowest BCUT2D eigenvalue weighted by molar-refractivity contribution is 0.0489. The van der Waals surface area contributed by atoms with E-state index in [0.717, 1.165) is 29.7 Å². The van der Waals surface area contributed by atoms with Gasteiger partial charge in [0.15, 0.2) is 0 Å². The van der Waals surface area contributed by atoms with Crippen LogP contribution in [0.1, 0.15) is 47.5 Å². The Hall–Kier alpha value is -2.10. The first-order chi connectivity index (χ1) is 9.69. The van der Waals surface area contributed by atoms with Crippen LogP contribution in [0.2, 0.25) is 0 Å². The van der Waals surface area contributed by atoms with E-state index in [1.54, 1.807) is 6.92 Å². The predicted molar refractivity (Wildman–Crippen MR) is 74.6 cm³/mol. The van der Waals surface area contributed by atoms with Gasteiger partial charge in [0.05, 0.1) is 12.3 Å². The number of nitrogens with zero attached hydrogens (tertiary/aromatic N) is 1. The number of esters is 1. The lowest BCUT2D eigenvalue weighted by Crippen LogP contribution is -2.05. The Morgan fingerprint density at radius 2 is 2.25 bits per heavy atom. The van der Waals surface area contributed by atoms with Gasteiger partial charge in [0, 0.05) is 11.5 Å². The number of oxazole rings is 1. The van der Waals surface area contributed by atoms with Gasteiger partial charge in [0.2, 0.25) is 11.7 Å². The minimum Gasteiger partial charge on any atom is -0.460 e. The summed E-state index contributed by atoms with van der Waals surface area (Å²) in [6.07, 6.45) is 2.12. The summed E-state index contributed by atoms with van der Waals surface area (Å²) >= 11 is 0. The Labute approximate surface area is 117 Å². The van der Waals surface area contributed by atoms with Crippen molar-refractivity contribution in [1.82, 2.24) is 4.98 Å². The molecule has 20 heavy (non-hydrogen) atoms. The molecule has 1 aliphatic carbocycles. The summed E-state index contributed by atoms with van der Waals surface area (Å²) in [6, 6.07) is 7.90. The third-order valence-electron chi connectivity index (χ3n) is 3.34. The molecule has 0 radical (unpaired) electrons. The van der Waals surface area contributed by atoms with Crippen LogP contribution in [-0.4, -0.2) is 17.6 Å². The molecular weight excluding hydrogens is 254 g/mol. The zero-order chi connectivity index (χ0) is 14.1. The summed E-state index contributed by atoms with van der Waals surface area (Å²) in [6.45, 7) is 4.14. The van der Waals surface area contributed by atoms with Crippen LogP contribution in [0, 0.1) is 6.92 Å². The summed E-state index contributed by atoms with van der Waals surface area (Å²) in [5, 5.41) is 0. The number of ether oxygens (including phenoxy) is 1. The van der Waals surface area contributed by atoms with E-state index in [4.69, 9.17) is 9.15 Å². The van der Waals surface area contributed by atoms with Gasteiger partial charge >= 0.3 is 5.97 Å². The van der Waals surface area contributed by atoms with Gasteiger partial charge in [-0.3, -0.25) is 0 Å². The number of benzene rings is 1. The topological polar surface area (TPSA) is 52.3 Å². The zero-order valence-electron chi connectivity index (χ0n) is 11.7. The number of hydrogen-bond acceptors (Lipinski definition) is 4. The molecule has 1 saturated carbocycles. The molecule has 0 aliphatic heterocycles. The third kappa shape index (κ3) is 2.46. The molecule has 2 aromatic rings. The predicted octanol–water partition coefficient (Wildman–Crippen LogP) is 3.70. The van der Waals surface area contributed by atoms with Crippen LogP contribution in [0.4, 0.5) is 0 Å². The average Bonchev–Trinajstić information content (AvgIpc) is 3.18. The highest BCUT2D eigenvalue weighted by Gasteiger charge is 2.34. The first kappa shape index (κ1) is 12.9. The van der Waals surface area contributed by atoms with Gasteiger partial charge in [0.1, 0.15) is 0 Å². The second kappa shape index (κ2) is 5.12. The second-order valence-corrected chi connectivity index (χ2v) is 5.10.